The largest absolute Gasteiger partial charge is 0.363 e. The molecule has 1 aromatic rings. The van der Waals surface area contributed by atoms with Crippen molar-refractivity contribution in [1.82, 2.24) is 10.6 Å². The van der Waals surface area contributed by atoms with Gasteiger partial charge in [0.25, 0.3) is 0 Å². The number of halogens is 1. The van der Waals surface area contributed by atoms with E-state index in [2.05, 4.69) is 15.5 Å². The van der Waals surface area contributed by atoms with Crippen LogP contribution in [0.25, 0.3) is 0 Å². The van der Waals surface area contributed by atoms with Crippen molar-refractivity contribution in [2.45, 2.75) is 25.4 Å². The number of hydrogen-bond acceptors (Lipinski definition) is 3. The lowest BCUT2D eigenvalue weighted by Crippen LogP contribution is -2.46. The van der Waals surface area contributed by atoms with Gasteiger partial charge in [0.05, 0.1) is 17.6 Å². The molecule has 2 atom stereocenters. The molecule has 4 nitrogen and oxygen atoms in total. The molecule has 0 aromatic heterocycles. The second kappa shape index (κ2) is 5.40. The van der Waals surface area contributed by atoms with Gasteiger partial charge in [0.1, 0.15) is 5.82 Å². The zero-order valence-electron chi connectivity index (χ0n) is 11.7. The molecule has 1 aromatic carbocycles. The van der Waals surface area contributed by atoms with E-state index in [1.165, 1.54) is 6.07 Å². The Morgan fingerprint density at radius 3 is 3.15 bits per heavy atom. The van der Waals surface area contributed by atoms with Crippen LogP contribution in [0.4, 0.5) is 10.1 Å². The predicted octanol–water partition coefficient (Wildman–Crippen LogP) is 1.26. The highest BCUT2D eigenvalue weighted by Gasteiger charge is 2.41. The molecule has 2 N–H and O–H groups in total. The molecule has 3 rings (SSSR count). The molecular formula is C15H20FN3O. The maximum atomic E-state index is 14.3. The van der Waals surface area contributed by atoms with Crippen molar-refractivity contribution in [3.05, 3.63) is 29.6 Å². The van der Waals surface area contributed by atoms with E-state index in [0.29, 0.717) is 18.8 Å². The van der Waals surface area contributed by atoms with Gasteiger partial charge in [-0.3, -0.25) is 4.79 Å². The van der Waals surface area contributed by atoms with Crippen LogP contribution in [0.1, 0.15) is 18.4 Å². The highest BCUT2D eigenvalue weighted by Crippen LogP contribution is 2.35. The molecule has 0 saturated carbocycles. The third-order valence-corrected chi connectivity index (χ3v) is 4.33. The van der Waals surface area contributed by atoms with Crippen molar-refractivity contribution in [2.75, 3.05) is 25.0 Å². The molecule has 108 valence electrons. The fourth-order valence-electron chi connectivity index (χ4n) is 3.44. The number of piperidine rings is 1. The third kappa shape index (κ3) is 2.16. The van der Waals surface area contributed by atoms with E-state index in [-0.39, 0.29) is 23.7 Å². The molecule has 0 spiro atoms. The normalized spacial score (nSPS) is 25.5. The number of carbonyl (C=O) groups excluding carboxylic acids is 1. The Labute approximate surface area is 118 Å². The summed E-state index contributed by atoms with van der Waals surface area (Å²) < 4.78 is 14.3. The van der Waals surface area contributed by atoms with Crippen LogP contribution in [0, 0.1) is 11.7 Å². The highest BCUT2D eigenvalue weighted by molar-refractivity contribution is 5.83. The van der Waals surface area contributed by atoms with E-state index < -0.39 is 0 Å². The van der Waals surface area contributed by atoms with E-state index in [4.69, 9.17) is 0 Å². The van der Waals surface area contributed by atoms with Crippen LogP contribution in [-0.2, 0) is 11.3 Å². The van der Waals surface area contributed by atoms with Crippen molar-refractivity contribution in [3.8, 4) is 0 Å². The highest BCUT2D eigenvalue weighted by atomic mass is 19.1. The Bertz CT molecular complexity index is 520. The number of amides is 1. The van der Waals surface area contributed by atoms with Crippen LogP contribution < -0.4 is 15.5 Å². The number of benzene rings is 1. The van der Waals surface area contributed by atoms with Crippen LogP contribution in [-0.4, -0.2) is 32.1 Å². The van der Waals surface area contributed by atoms with Crippen LogP contribution >= 0.6 is 0 Å². The first-order valence-electron chi connectivity index (χ1n) is 7.18. The topological polar surface area (TPSA) is 44.4 Å². The van der Waals surface area contributed by atoms with Crippen LogP contribution in [0.15, 0.2) is 18.2 Å². The summed E-state index contributed by atoms with van der Waals surface area (Å²) in [7, 11) is 1.86. The molecule has 0 aliphatic carbocycles. The molecule has 0 bridgehead atoms. The number of fused-ring (bicyclic) bond motifs is 1. The van der Waals surface area contributed by atoms with Crippen molar-refractivity contribution in [1.29, 1.82) is 0 Å². The maximum absolute atomic E-state index is 14.3. The van der Waals surface area contributed by atoms with Gasteiger partial charge in [-0.05, 0) is 31.5 Å². The second-order valence-corrected chi connectivity index (χ2v) is 5.53. The number of rotatable bonds is 3. The van der Waals surface area contributed by atoms with Gasteiger partial charge in [0, 0.05) is 19.6 Å². The molecule has 0 radical (unpaired) electrons. The van der Waals surface area contributed by atoms with E-state index in [1.807, 2.05) is 13.1 Å². The Hall–Kier alpha value is -1.62. The molecule has 20 heavy (non-hydrogen) atoms. The standard InChI is InChI=1S/C15H20FN3O/c1-17-8-10-4-2-6-12(16)14(10)19-7-3-5-11-13(19)9-18-15(11)20/h2,4,6,11,13,17H,3,5,7-9H2,1H3,(H,18,20). The molecule has 1 amide bonds. The van der Waals surface area contributed by atoms with Gasteiger partial charge in [0.2, 0.25) is 5.91 Å². The van der Waals surface area contributed by atoms with Crippen molar-refractivity contribution in [3.63, 3.8) is 0 Å². The Kier molecular flexibility index (Phi) is 3.61. The predicted molar refractivity (Wildman–Crippen MR) is 76.0 cm³/mol. The minimum atomic E-state index is -0.197. The van der Waals surface area contributed by atoms with Crippen LogP contribution in [0.3, 0.4) is 0 Å². The summed E-state index contributed by atoms with van der Waals surface area (Å²) in [5.74, 6) is -0.0743. The number of carbonyl (C=O) groups is 1. The van der Waals surface area contributed by atoms with Crippen LogP contribution in [0.5, 0.6) is 0 Å². The molecule has 2 fully saturated rings. The zero-order valence-corrected chi connectivity index (χ0v) is 11.7. The van der Waals surface area contributed by atoms with Crippen molar-refractivity contribution >= 4 is 11.6 Å². The Morgan fingerprint density at radius 2 is 2.35 bits per heavy atom. The van der Waals surface area contributed by atoms with E-state index in [1.54, 1.807) is 6.07 Å². The summed E-state index contributed by atoms with van der Waals surface area (Å²) >= 11 is 0. The SMILES string of the molecule is CNCc1cccc(F)c1N1CCCC2C(=O)NCC21. The lowest BCUT2D eigenvalue weighted by Gasteiger charge is -2.39. The lowest BCUT2D eigenvalue weighted by molar-refractivity contribution is -0.123. The molecule has 2 saturated heterocycles. The monoisotopic (exact) mass is 277 g/mol. The lowest BCUT2D eigenvalue weighted by atomic mass is 9.90. The first-order chi connectivity index (χ1) is 9.72. The molecule has 2 aliphatic rings. The number of nitrogens with one attached hydrogen (secondary N) is 2. The van der Waals surface area contributed by atoms with Gasteiger partial charge < -0.3 is 15.5 Å². The number of anilines is 1. The number of para-hydroxylation sites is 1. The first kappa shape index (κ1) is 13.4. The average molecular weight is 277 g/mol. The van der Waals surface area contributed by atoms with Crippen LogP contribution in [0.2, 0.25) is 0 Å². The fraction of sp³-hybridized carbons (Fsp3) is 0.533. The summed E-state index contributed by atoms with van der Waals surface area (Å²) in [6, 6.07) is 5.28. The summed E-state index contributed by atoms with van der Waals surface area (Å²) in [4.78, 5) is 13.9. The summed E-state index contributed by atoms with van der Waals surface area (Å²) in [5.41, 5.74) is 1.61. The van der Waals surface area contributed by atoms with Gasteiger partial charge in [-0.25, -0.2) is 4.39 Å². The molecule has 2 unspecified atom stereocenters. The third-order valence-electron chi connectivity index (χ3n) is 4.33. The summed E-state index contributed by atoms with van der Waals surface area (Å²) in [6.07, 6.45) is 1.84. The quantitative estimate of drug-likeness (QED) is 0.874. The smallest absolute Gasteiger partial charge is 0.225 e. The zero-order chi connectivity index (χ0) is 14.1. The molecular weight excluding hydrogens is 257 g/mol. The summed E-state index contributed by atoms with van der Waals surface area (Å²) in [6.45, 7) is 2.06. The maximum Gasteiger partial charge on any atom is 0.225 e. The second-order valence-electron chi connectivity index (χ2n) is 5.53. The summed E-state index contributed by atoms with van der Waals surface area (Å²) in [5, 5.41) is 6.00. The Balaban J connectivity index is 1.97. The molecule has 2 heterocycles. The van der Waals surface area contributed by atoms with E-state index >= 15 is 0 Å². The first-order valence-corrected chi connectivity index (χ1v) is 7.18. The number of nitrogens with zero attached hydrogens (tertiary/aromatic N) is 1. The van der Waals surface area contributed by atoms with Gasteiger partial charge in [-0.2, -0.15) is 0 Å². The van der Waals surface area contributed by atoms with E-state index in [9.17, 15) is 9.18 Å². The van der Waals surface area contributed by atoms with Gasteiger partial charge >= 0.3 is 0 Å². The van der Waals surface area contributed by atoms with E-state index in [0.717, 1.165) is 24.9 Å². The number of hydrogen-bond donors (Lipinski definition) is 2. The molecule has 2 aliphatic heterocycles. The van der Waals surface area contributed by atoms with Gasteiger partial charge in [0.15, 0.2) is 0 Å². The minimum Gasteiger partial charge on any atom is -0.363 e. The minimum absolute atomic E-state index is 0.00536. The average Bonchev–Trinajstić information content (AvgIpc) is 2.82. The van der Waals surface area contributed by atoms with Crippen molar-refractivity contribution in [2.24, 2.45) is 5.92 Å². The van der Waals surface area contributed by atoms with Gasteiger partial charge in [-0.1, -0.05) is 12.1 Å². The van der Waals surface area contributed by atoms with Crippen molar-refractivity contribution < 1.29 is 9.18 Å². The Morgan fingerprint density at radius 1 is 1.50 bits per heavy atom. The molecule has 5 heteroatoms. The fourth-order valence-corrected chi connectivity index (χ4v) is 3.44. The van der Waals surface area contributed by atoms with Gasteiger partial charge in [-0.15, -0.1) is 0 Å².